The van der Waals surface area contributed by atoms with E-state index in [4.69, 9.17) is 33.2 Å². The Kier molecular flexibility index (Phi) is 10.8. The number of nitrogens with zero attached hydrogens (tertiary/aromatic N) is 1. The van der Waals surface area contributed by atoms with Crippen molar-refractivity contribution < 1.29 is 38.0 Å². The van der Waals surface area contributed by atoms with Crippen molar-refractivity contribution in [2.45, 2.75) is 6.42 Å². The summed E-state index contributed by atoms with van der Waals surface area (Å²) in [7, 11) is 10.8. The average molecular weight is 614 g/mol. The Labute approximate surface area is 242 Å². The molecule has 0 aromatic heterocycles. The molecule has 212 valence electrons. The lowest BCUT2D eigenvalue weighted by Crippen LogP contribution is -2.05. The predicted molar refractivity (Wildman–Crippen MR) is 159 cm³/mol. The third kappa shape index (κ3) is 6.69. The highest BCUT2D eigenvalue weighted by Crippen LogP contribution is 2.45. The normalized spacial score (nSPS) is 11.0. The van der Waals surface area contributed by atoms with Crippen molar-refractivity contribution in [3.05, 3.63) is 57.6 Å². The zero-order valence-corrected chi connectivity index (χ0v) is 25.1. The number of Topliss-reactive ketones (excluding diaryl/α,β-unsaturated/α-hetero) is 1. The molecule has 9 nitrogen and oxygen atoms in total. The topological polar surface area (TPSA) is 94.0 Å². The second-order valence-electron chi connectivity index (χ2n) is 8.17. The molecule has 0 fully saturated rings. The summed E-state index contributed by atoms with van der Waals surface area (Å²) in [5.74, 6) is 3.18. The number of aliphatic imine (C=N–C) groups is 1. The van der Waals surface area contributed by atoms with Gasteiger partial charge in [0.2, 0.25) is 11.5 Å². The van der Waals surface area contributed by atoms with Gasteiger partial charge in [-0.05, 0) is 57.4 Å². The molecule has 0 N–H and O–H groups in total. The molecule has 0 aliphatic rings. The Balaban J connectivity index is 1.85. The monoisotopic (exact) mass is 613 g/mol. The molecule has 0 aliphatic heterocycles. The van der Waals surface area contributed by atoms with Gasteiger partial charge in [0.15, 0.2) is 28.8 Å². The smallest absolute Gasteiger partial charge is 0.204 e. The Bertz CT molecular complexity index is 1390. The fourth-order valence-corrected chi connectivity index (χ4v) is 4.64. The van der Waals surface area contributed by atoms with Gasteiger partial charge in [0.1, 0.15) is 11.4 Å². The maximum atomic E-state index is 13.1. The molecule has 0 saturated heterocycles. The van der Waals surface area contributed by atoms with Gasteiger partial charge in [0.25, 0.3) is 0 Å². The molecule has 3 aromatic rings. The Morgan fingerprint density at radius 1 is 0.675 bits per heavy atom. The number of halogens is 1. The van der Waals surface area contributed by atoms with Gasteiger partial charge >= 0.3 is 0 Å². The fourth-order valence-electron chi connectivity index (χ4n) is 3.96. The SMILES string of the molecule is COc1ccc(/C=C\c2cc(OC)c(OC)c(OC)c2)cc1N=CCC(=O)c1cc(OC)c(OC)c(OC)c1Br. The van der Waals surface area contributed by atoms with Crippen molar-refractivity contribution in [3.8, 4) is 40.2 Å². The first-order valence-electron chi connectivity index (χ1n) is 12.1. The van der Waals surface area contributed by atoms with Gasteiger partial charge < -0.3 is 33.2 Å². The first-order valence-corrected chi connectivity index (χ1v) is 12.8. The van der Waals surface area contributed by atoms with Gasteiger partial charge in [0.05, 0.1) is 54.2 Å². The molecule has 0 radical (unpaired) electrons. The van der Waals surface area contributed by atoms with E-state index in [0.717, 1.165) is 11.1 Å². The highest BCUT2D eigenvalue weighted by atomic mass is 79.9. The van der Waals surface area contributed by atoms with Gasteiger partial charge in [-0.3, -0.25) is 9.79 Å². The van der Waals surface area contributed by atoms with E-state index in [1.165, 1.54) is 21.3 Å². The van der Waals surface area contributed by atoms with Crippen molar-refractivity contribution in [3.63, 3.8) is 0 Å². The molecule has 0 amide bonds. The highest BCUT2D eigenvalue weighted by molar-refractivity contribution is 9.10. The van der Waals surface area contributed by atoms with E-state index >= 15 is 0 Å². The van der Waals surface area contributed by atoms with Crippen LogP contribution >= 0.6 is 15.9 Å². The zero-order valence-electron chi connectivity index (χ0n) is 23.5. The minimum Gasteiger partial charge on any atom is -0.494 e. The molecule has 3 rings (SSSR count). The minimum atomic E-state index is -0.188. The summed E-state index contributed by atoms with van der Waals surface area (Å²) in [6.07, 6.45) is 5.43. The van der Waals surface area contributed by atoms with Crippen molar-refractivity contribution in [2.75, 3.05) is 49.8 Å². The van der Waals surface area contributed by atoms with E-state index in [0.29, 0.717) is 56.0 Å². The van der Waals surface area contributed by atoms with Crippen molar-refractivity contribution in [1.82, 2.24) is 0 Å². The number of hydrogen-bond donors (Lipinski definition) is 0. The lowest BCUT2D eigenvalue weighted by molar-refractivity contribution is 0.1000. The minimum absolute atomic E-state index is 0.0336. The number of benzene rings is 3. The van der Waals surface area contributed by atoms with Crippen molar-refractivity contribution in [2.24, 2.45) is 4.99 Å². The third-order valence-electron chi connectivity index (χ3n) is 5.94. The van der Waals surface area contributed by atoms with Crippen LogP contribution in [0.15, 0.2) is 45.9 Å². The van der Waals surface area contributed by atoms with Crippen LogP contribution in [-0.2, 0) is 0 Å². The molecular weight excluding hydrogens is 582 g/mol. The van der Waals surface area contributed by atoms with E-state index in [9.17, 15) is 4.79 Å². The molecule has 0 spiro atoms. The maximum absolute atomic E-state index is 13.1. The average Bonchev–Trinajstić information content (AvgIpc) is 2.98. The molecule has 3 aromatic carbocycles. The van der Waals surface area contributed by atoms with Crippen LogP contribution in [0.5, 0.6) is 40.2 Å². The quantitative estimate of drug-likeness (QED) is 0.120. The number of rotatable bonds is 13. The maximum Gasteiger partial charge on any atom is 0.204 e. The molecule has 0 heterocycles. The van der Waals surface area contributed by atoms with Crippen molar-refractivity contribution in [1.29, 1.82) is 0 Å². The number of carbonyl (C=O) groups excluding carboxylic acids is 1. The number of ether oxygens (including phenoxy) is 7. The Hall–Kier alpha value is -4.18. The third-order valence-corrected chi connectivity index (χ3v) is 6.72. The molecule has 0 unspecified atom stereocenters. The summed E-state index contributed by atoms with van der Waals surface area (Å²) >= 11 is 3.45. The number of methoxy groups -OCH3 is 7. The van der Waals surface area contributed by atoms with Crippen LogP contribution in [0.2, 0.25) is 0 Å². The van der Waals surface area contributed by atoms with E-state index in [2.05, 4.69) is 20.9 Å². The summed E-state index contributed by atoms with van der Waals surface area (Å²) in [6, 6.07) is 10.9. The van der Waals surface area contributed by atoms with E-state index < -0.39 is 0 Å². The molecule has 0 atom stereocenters. The molecular formula is C30H32BrNO8. The number of carbonyl (C=O) groups is 1. The second kappa shape index (κ2) is 14.3. The van der Waals surface area contributed by atoms with Gasteiger partial charge in [-0.1, -0.05) is 18.2 Å². The van der Waals surface area contributed by atoms with E-state index in [-0.39, 0.29) is 12.2 Å². The molecule has 40 heavy (non-hydrogen) atoms. The summed E-state index contributed by atoms with van der Waals surface area (Å²) < 4.78 is 38.4. The van der Waals surface area contributed by atoms with E-state index in [1.54, 1.807) is 40.7 Å². The first-order chi connectivity index (χ1) is 19.3. The number of ketones is 1. The summed E-state index contributed by atoms with van der Waals surface area (Å²) in [6.45, 7) is 0. The largest absolute Gasteiger partial charge is 0.494 e. The fraction of sp³-hybridized carbons (Fsp3) is 0.267. The van der Waals surface area contributed by atoms with Crippen LogP contribution in [0.1, 0.15) is 27.9 Å². The van der Waals surface area contributed by atoms with Crippen molar-refractivity contribution >= 4 is 45.8 Å². The zero-order chi connectivity index (χ0) is 29.2. The Morgan fingerprint density at radius 2 is 1.23 bits per heavy atom. The lowest BCUT2D eigenvalue weighted by atomic mass is 10.1. The Morgan fingerprint density at radius 3 is 1.77 bits per heavy atom. The summed E-state index contributed by atoms with van der Waals surface area (Å²) in [5, 5.41) is 0. The lowest BCUT2D eigenvalue weighted by Gasteiger charge is -2.15. The van der Waals surface area contributed by atoms with Gasteiger partial charge in [-0.2, -0.15) is 0 Å². The van der Waals surface area contributed by atoms with Gasteiger partial charge in [0, 0.05) is 18.2 Å². The molecule has 0 aliphatic carbocycles. The van der Waals surface area contributed by atoms with Gasteiger partial charge in [-0.15, -0.1) is 0 Å². The molecule has 0 bridgehead atoms. The first kappa shape index (κ1) is 30.4. The van der Waals surface area contributed by atoms with Crippen LogP contribution in [0.25, 0.3) is 12.2 Å². The molecule has 0 saturated carbocycles. The standard InChI is InChI=1S/C30H32BrNO8/c1-34-23-11-10-18(8-9-19-15-24(35-2)28(38-5)25(16-19)36-3)14-21(23)32-13-12-22(33)20-17-26(37-4)29(39-6)30(40-7)27(20)31/h8-11,13-17H,12H2,1-7H3/b9-8-,32-13?. The van der Waals surface area contributed by atoms with E-state index in [1.807, 2.05) is 42.5 Å². The van der Waals surface area contributed by atoms with Crippen LogP contribution in [0, 0.1) is 0 Å². The van der Waals surface area contributed by atoms with Crippen LogP contribution in [-0.4, -0.2) is 61.8 Å². The number of hydrogen-bond acceptors (Lipinski definition) is 9. The highest BCUT2D eigenvalue weighted by Gasteiger charge is 2.22. The van der Waals surface area contributed by atoms with Crippen LogP contribution in [0.4, 0.5) is 5.69 Å². The second-order valence-corrected chi connectivity index (χ2v) is 8.96. The summed E-state index contributed by atoms with van der Waals surface area (Å²) in [4.78, 5) is 17.6. The molecule has 10 heteroatoms. The van der Waals surface area contributed by atoms with Crippen LogP contribution < -0.4 is 33.2 Å². The predicted octanol–water partition coefficient (Wildman–Crippen LogP) is 6.66. The van der Waals surface area contributed by atoms with Gasteiger partial charge in [-0.25, -0.2) is 0 Å². The summed E-state index contributed by atoms with van der Waals surface area (Å²) in [5.41, 5.74) is 2.69. The van der Waals surface area contributed by atoms with Crippen LogP contribution in [0.3, 0.4) is 0 Å².